The minimum atomic E-state index is -3.57. The molecule has 1 amide bonds. The van der Waals surface area contributed by atoms with Crippen LogP contribution in [0, 0.1) is 19.8 Å². The van der Waals surface area contributed by atoms with Crippen LogP contribution in [-0.2, 0) is 25.0 Å². The molecule has 0 N–H and O–H groups in total. The lowest BCUT2D eigenvalue weighted by molar-refractivity contribution is -0.140. The predicted molar refractivity (Wildman–Crippen MR) is 113 cm³/mol. The van der Waals surface area contributed by atoms with Gasteiger partial charge in [-0.25, -0.2) is 8.42 Å². The lowest BCUT2D eigenvalue weighted by Crippen LogP contribution is -2.47. The summed E-state index contributed by atoms with van der Waals surface area (Å²) in [5.41, 5.74) is 2.69. The van der Waals surface area contributed by atoms with Gasteiger partial charge in [-0.2, -0.15) is 4.31 Å². The van der Waals surface area contributed by atoms with Crippen LogP contribution in [0.25, 0.3) is 0 Å². The highest BCUT2D eigenvalue weighted by atomic mass is 32.2. The van der Waals surface area contributed by atoms with Gasteiger partial charge in [0, 0.05) is 32.1 Å². The molecule has 0 atom stereocenters. The van der Waals surface area contributed by atoms with Crippen molar-refractivity contribution in [1.82, 2.24) is 9.21 Å². The van der Waals surface area contributed by atoms with E-state index in [-0.39, 0.29) is 17.2 Å². The molecule has 162 valence electrons. The third-order valence-electron chi connectivity index (χ3n) is 6.05. The summed E-state index contributed by atoms with van der Waals surface area (Å²) in [4.78, 5) is 15.0. The first-order valence-electron chi connectivity index (χ1n) is 10.5. The van der Waals surface area contributed by atoms with E-state index in [9.17, 15) is 13.2 Å². The fourth-order valence-electron chi connectivity index (χ4n) is 4.30. The Balaban J connectivity index is 1.74. The van der Waals surface area contributed by atoms with Gasteiger partial charge >= 0.3 is 0 Å². The summed E-state index contributed by atoms with van der Waals surface area (Å²) >= 11 is 0. The molecule has 2 heterocycles. The van der Waals surface area contributed by atoms with Crippen molar-refractivity contribution >= 4 is 15.9 Å². The van der Waals surface area contributed by atoms with Crippen molar-refractivity contribution in [3.8, 4) is 0 Å². The summed E-state index contributed by atoms with van der Waals surface area (Å²) in [5.74, 6) is 0.0530. The van der Waals surface area contributed by atoms with Crippen molar-refractivity contribution in [3.63, 3.8) is 0 Å². The Morgan fingerprint density at radius 3 is 2.00 bits per heavy atom. The van der Waals surface area contributed by atoms with Crippen LogP contribution >= 0.6 is 0 Å². The number of carbonyl (C=O) groups is 1. The lowest BCUT2D eigenvalue weighted by atomic mass is 9.85. The van der Waals surface area contributed by atoms with Gasteiger partial charge in [0.15, 0.2) is 0 Å². The van der Waals surface area contributed by atoms with E-state index in [1.54, 1.807) is 4.31 Å². The first-order chi connectivity index (χ1) is 13.5. The minimum absolute atomic E-state index is 0.0317. The fraction of sp³-hybridized carbons (Fsp3) is 0.682. The molecular weight excluding hydrogens is 388 g/mol. The van der Waals surface area contributed by atoms with Crippen LogP contribution in [0.1, 0.15) is 50.3 Å². The second kappa shape index (κ2) is 8.36. The summed E-state index contributed by atoms with van der Waals surface area (Å²) in [6, 6.07) is 3.99. The summed E-state index contributed by atoms with van der Waals surface area (Å²) in [6.45, 7) is 13.4. The Morgan fingerprint density at radius 1 is 1.00 bits per heavy atom. The molecule has 2 aliphatic heterocycles. The molecule has 3 rings (SSSR count). The molecule has 2 fully saturated rings. The summed E-state index contributed by atoms with van der Waals surface area (Å²) in [6.07, 6.45) is 1.15. The molecule has 2 aliphatic rings. The second-order valence-electron chi connectivity index (χ2n) is 9.31. The maximum Gasteiger partial charge on any atom is 0.243 e. The zero-order chi connectivity index (χ0) is 21.4. The SMILES string of the molecule is Cc1cc(C(C)(C)C)cc(C)c1S(=O)(=O)N1CCC(C(=O)N2CCOCC2)CC1. The number of rotatable bonds is 3. The van der Waals surface area contributed by atoms with Gasteiger partial charge in [-0.1, -0.05) is 32.9 Å². The average molecular weight is 423 g/mol. The molecule has 0 unspecified atom stereocenters. The van der Waals surface area contributed by atoms with Gasteiger partial charge in [0.05, 0.1) is 18.1 Å². The number of piperidine rings is 1. The molecule has 6 nitrogen and oxygen atoms in total. The van der Waals surface area contributed by atoms with Gasteiger partial charge in [-0.3, -0.25) is 4.79 Å². The Hall–Kier alpha value is -1.44. The van der Waals surface area contributed by atoms with Crippen LogP contribution < -0.4 is 0 Å². The molecule has 0 bridgehead atoms. The number of hydrogen-bond acceptors (Lipinski definition) is 4. The molecule has 29 heavy (non-hydrogen) atoms. The van der Waals surface area contributed by atoms with Crippen LogP contribution in [0.2, 0.25) is 0 Å². The number of nitrogens with zero attached hydrogens (tertiary/aromatic N) is 2. The largest absolute Gasteiger partial charge is 0.378 e. The van der Waals surface area contributed by atoms with E-state index in [2.05, 4.69) is 20.8 Å². The summed E-state index contributed by atoms with van der Waals surface area (Å²) < 4.78 is 33.6. The number of hydrogen-bond donors (Lipinski definition) is 0. The monoisotopic (exact) mass is 422 g/mol. The van der Waals surface area contributed by atoms with Gasteiger partial charge in [0.25, 0.3) is 0 Å². The standard InChI is InChI=1S/C22H34N2O4S/c1-16-14-19(22(3,4)5)15-17(2)20(16)29(26,27)24-8-6-18(7-9-24)21(25)23-10-12-28-13-11-23/h14-15,18H,6-13H2,1-5H3. The molecular formula is C22H34N2O4S. The highest BCUT2D eigenvalue weighted by Crippen LogP contribution is 2.32. The smallest absolute Gasteiger partial charge is 0.243 e. The summed E-state index contributed by atoms with van der Waals surface area (Å²) in [7, 11) is -3.57. The third-order valence-corrected chi connectivity index (χ3v) is 8.25. The molecule has 0 aliphatic carbocycles. The molecule has 7 heteroatoms. The van der Waals surface area contributed by atoms with E-state index in [1.807, 2.05) is 30.9 Å². The van der Waals surface area contributed by atoms with Crippen LogP contribution in [-0.4, -0.2) is 62.9 Å². The van der Waals surface area contributed by atoms with E-state index in [1.165, 1.54) is 0 Å². The zero-order valence-electron chi connectivity index (χ0n) is 18.3. The Kier molecular flexibility index (Phi) is 6.41. The van der Waals surface area contributed by atoms with Crippen molar-refractivity contribution in [2.75, 3.05) is 39.4 Å². The molecule has 1 aromatic rings. The highest BCUT2D eigenvalue weighted by molar-refractivity contribution is 7.89. The molecule has 0 saturated carbocycles. The van der Waals surface area contributed by atoms with Crippen LogP contribution in [0.5, 0.6) is 0 Å². The van der Waals surface area contributed by atoms with Crippen LogP contribution in [0.4, 0.5) is 0 Å². The van der Waals surface area contributed by atoms with E-state index in [0.29, 0.717) is 57.1 Å². The van der Waals surface area contributed by atoms with Crippen molar-refractivity contribution in [3.05, 3.63) is 28.8 Å². The van der Waals surface area contributed by atoms with Gasteiger partial charge in [-0.05, 0) is 48.8 Å². The first-order valence-corrected chi connectivity index (χ1v) is 11.9. The Bertz CT molecular complexity index is 836. The first kappa shape index (κ1) is 22.2. The number of ether oxygens (including phenoxy) is 1. The molecule has 0 radical (unpaired) electrons. The number of carbonyl (C=O) groups excluding carboxylic acids is 1. The third kappa shape index (κ3) is 4.67. The van der Waals surface area contributed by atoms with E-state index < -0.39 is 10.0 Å². The second-order valence-corrected chi connectivity index (χ2v) is 11.2. The van der Waals surface area contributed by atoms with E-state index >= 15 is 0 Å². The van der Waals surface area contributed by atoms with Gasteiger partial charge < -0.3 is 9.64 Å². The maximum absolute atomic E-state index is 13.4. The van der Waals surface area contributed by atoms with E-state index in [0.717, 1.165) is 16.7 Å². The van der Waals surface area contributed by atoms with Crippen molar-refractivity contribution in [2.24, 2.45) is 5.92 Å². The van der Waals surface area contributed by atoms with Crippen LogP contribution in [0.15, 0.2) is 17.0 Å². The highest BCUT2D eigenvalue weighted by Gasteiger charge is 2.35. The fourth-order valence-corrected chi connectivity index (χ4v) is 6.19. The number of benzene rings is 1. The number of amides is 1. The van der Waals surface area contributed by atoms with Gasteiger partial charge in [0.2, 0.25) is 15.9 Å². The molecule has 0 spiro atoms. The average Bonchev–Trinajstić information content (AvgIpc) is 2.66. The quantitative estimate of drug-likeness (QED) is 0.751. The normalized spacial score (nSPS) is 20.1. The molecule has 0 aromatic heterocycles. The Labute approximate surface area is 175 Å². The van der Waals surface area contributed by atoms with Crippen molar-refractivity contribution < 1.29 is 17.9 Å². The van der Waals surface area contributed by atoms with Crippen molar-refractivity contribution in [2.45, 2.75) is 57.8 Å². The topological polar surface area (TPSA) is 66.9 Å². The predicted octanol–water partition coefficient (Wildman–Crippen LogP) is 2.86. The number of sulfonamides is 1. The Morgan fingerprint density at radius 2 is 1.52 bits per heavy atom. The van der Waals surface area contributed by atoms with Gasteiger partial charge in [0.1, 0.15) is 0 Å². The zero-order valence-corrected chi connectivity index (χ0v) is 19.1. The molecule has 1 aromatic carbocycles. The number of morpholine rings is 1. The van der Waals surface area contributed by atoms with Crippen LogP contribution in [0.3, 0.4) is 0 Å². The maximum atomic E-state index is 13.4. The summed E-state index contributed by atoms with van der Waals surface area (Å²) in [5, 5.41) is 0. The van der Waals surface area contributed by atoms with Crippen molar-refractivity contribution in [1.29, 1.82) is 0 Å². The molecule has 2 saturated heterocycles. The van der Waals surface area contributed by atoms with Gasteiger partial charge in [-0.15, -0.1) is 0 Å². The minimum Gasteiger partial charge on any atom is -0.378 e. The van der Waals surface area contributed by atoms with E-state index in [4.69, 9.17) is 4.74 Å². The lowest BCUT2D eigenvalue weighted by Gasteiger charge is -2.35. The number of aryl methyl sites for hydroxylation is 2.